The van der Waals surface area contributed by atoms with Gasteiger partial charge in [-0.25, -0.2) is 0 Å². The summed E-state index contributed by atoms with van der Waals surface area (Å²) in [7, 11) is -0.0403. The smallest absolute Gasteiger partial charge is 1.00 e. The Labute approximate surface area is 216 Å². The molecule has 2 aliphatic rings. The zero-order valence-electron chi connectivity index (χ0n) is 20.7. The minimum atomic E-state index is -1.08. The summed E-state index contributed by atoms with van der Waals surface area (Å²) in [6, 6.07) is 9.32. The van der Waals surface area contributed by atoms with E-state index in [-0.39, 0.29) is 38.2 Å². The number of halogens is 2. The Morgan fingerprint density at radius 3 is 1.94 bits per heavy atom. The molecule has 0 fully saturated rings. The van der Waals surface area contributed by atoms with Gasteiger partial charge in [0.05, 0.1) is 0 Å². The van der Waals surface area contributed by atoms with E-state index in [0.29, 0.717) is 0 Å². The SMILES string of the molecule is CC1=C(C)C(C)(C)[C]([Hf+2][CH]2C(P(CC(C)C)CC(C)C)=Cc3ccccc32)=C1C.[Cl-].[Cl-]. The second-order valence-corrected chi connectivity index (χ2v) is 17.6. The molecule has 170 valence electrons. The van der Waals surface area contributed by atoms with Crippen molar-refractivity contribution in [2.75, 3.05) is 12.3 Å². The monoisotopic (exact) mass is 644 g/mol. The van der Waals surface area contributed by atoms with Crippen LogP contribution in [0.25, 0.3) is 6.08 Å². The quantitative estimate of drug-likeness (QED) is 0.317. The maximum Gasteiger partial charge on any atom is -1.00 e. The standard InChI is InChI=1S/C17H24P.C10H15.2ClH.Hf/c1-13(2)11-18(12-14(3)4)17-9-15-7-5-6-8-16(15)10-17;1-7-6-10(4,5)9(3)8(7)2;;;/h5-10,13-14H,11-12H2,1-4H3;1-5H3;2*1H;/q;;;;+2/p-2. The second-order valence-electron chi connectivity index (χ2n) is 10.3. The number of benzene rings is 1. The van der Waals surface area contributed by atoms with E-state index in [2.05, 4.69) is 92.7 Å². The molecule has 4 heteroatoms. The van der Waals surface area contributed by atoms with Crippen LogP contribution in [0.3, 0.4) is 0 Å². The van der Waals surface area contributed by atoms with Crippen molar-refractivity contribution in [3.8, 4) is 0 Å². The summed E-state index contributed by atoms with van der Waals surface area (Å²) in [5, 5.41) is 1.85. The molecule has 2 aliphatic carbocycles. The van der Waals surface area contributed by atoms with E-state index in [0.717, 1.165) is 15.5 Å². The molecule has 1 aromatic rings. The van der Waals surface area contributed by atoms with Crippen LogP contribution in [-0.4, -0.2) is 12.3 Å². The van der Waals surface area contributed by atoms with Crippen molar-refractivity contribution in [2.45, 2.75) is 66.0 Å². The van der Waals surface area contributed by atoms with Crippen molar-refractivity contribution < 1.29 is 47.7 Å². The third kappa shape index (κ3) is 6.07. The van der Waals surface area contributed by atoms with E-state index in [1.54, 1.807) is 22.3 Å². The summed E-state index contributed by atoms with van der Waals surface area (Å²) in [6.45, 7) is 21.8. The molecule has 31 heavy (non-hydrogen) atoms. The second kappa shape index (κ2) is 11.6. The molecular weight excluding hydrogens is 605 g/mol. The fourth-order valence-electron chi connectivity index (χ4n) is 4.93. The van der Waals surface area contributed by atoms with Crippen LogP contribution in [0.5, 0.6) is 0 Å². The zero-order valence-corrected chi connectivity index (χ0v) is 26.7. The van der Waals surface area contributed by atoms with E-state index in [1.807, 2.05) is 8.64 Å². The molecule has 0 amide bonds. The number of rotatable bonds is 7. The Morgan fingerprint density at radius 2 is 1.45 bits per heavy atom. The first-order chi connectivity index (χ1) is 13.5. The fraction of sp³-hybridized carbons (Fsp3) is 0.556. The summed E-state index contributed by atoms with van der Waals surface area (Å²) in [6.07, 6.45) is 5.42. The molecule has 0 spiro atoms. The van der Waals surface area contributed by atoms with E-state index in [9.17, 15) is 0 Å². The van der Waals surface area contributed by atoms with Gasteiger partial charge in [0.25, 0.3) is 0 Å². The summed E-state index contributed by atoms with van der Waals surface area (Å²) in [5.41, 5.74) is 8.27. The topological polar surface area (TPSA) is 0 Å². The minimum absolute atomic E-state index is 0. The molecular formula is C27H39Cl2HfP. The van der Waals surface area contributed by atoms with Gasteiger partial charge in [0, 0.05) is 0 Å². The van der Waals surface area contributed by atoms with Gasteiger partial charge in [0.2, 0.25) is 0 Å². The van der Waals surface area contributed by atoms with Crippen LogP contribution in [0.1, 0.15) is 77.1 Å². The Hall–Kier alpha value is 0.320. The van der Waals surface area contributed by atoms with Crippen molar-refractivity contribution in [3.05, 3.63) is 60.8 Å². The molecule has 0 aromatic heterocycles. The van der Waals surface area contributed by atoms with E-state index in [4.69, 9.17) is 0 Å². The van der Waals surface area contributed by atoms with Gasteiger partial charge >= 0.3 is 193 Å². The van der Waals surface area contributed by atoms with Gasteiger partial charge in [-0.2, -0.15) is 0 Å². The van der Waals surface area contributed by atoms with Gasteiger partial charge in [-0.05, 0) is 0 Å². The molecule has 0 radical (unpaired) electrons. The first-order valence-corrected chi connectivity index (χ1v) is 16.8. The predicted molar refractivity (Wildman–Crippen MR) is 128 cm³/mol. The van der Waals surface area contributed by atoms with E-state index < -0.39 is 22.9 Å². The number of fused-ring (bicyclic) bond motifs is 1. The van der Waals surface area contributed by atoms with Crippen LogP contribution in [0.4, 0.5) is 0 Å². The van der Waals surface area contributed by atoms with E-state index in [1.165, 1.54) is 17.9 Å². The van der Waals surface area contributed by atoms with Gasteiger partial charge in [-0.1, -0.05) is 0 Å². The molecule has 0 heterocycles. The van der Waals surface area contributed by atoms with Crippen LogP contribution in [0.15, 0.2) is 49.6 Å². The molecule has 0 nitrogen and oxygen atoms in total. The normalized spacial score (nSPS) is 19.5. The summed E-state index contributed by atoms with van der Waals surface area (Å²) < 4.78 is 2.63. The molecule has 0 saturated carbocycles. The number of hydrogen-bond acceptors (Lipinski definition) is 0. The number of allylic oxidation sites excluding steroid dienone is 5. The van der Waals surface area contributed by atoms with Crippen molar-refractivity contribution in [2.24, 2.45) is 17.3 Å². The molecule has 0 aliphatic heterocycles. The Kier molecular flexibility index (Phi) is 11.0. The van der Waals surface area contributed by atoms with E-state index >= 15 is 0 Å². The summed E-state index contributed by atoms with van der Waals surface area (Å²) >= 11 is -1.08. The average Bonchev–Trinajstić information content (AvgIpc) is 3.06. The maximum atomic E-state index is 2.63. The molecule has 1 unspecified atom stereocenters. The van der Waals surface area contributed by atoms with Gasteiger partial charge in [0.1, 0.15) is 0 Å². The molecule has 1 aromatic carbocycles. The predicted octanol–water partition coefficient (Wildman–Crippen LogP) is 2.62. The first-order valence-electron chi connectivity index (χ1n) is 11.3. The largest absolute Gasteiger partial charge is 1.00 e. The van der Waals surface area contributed by atoms with Gasteiger partial charge in [-0.15, -0.1) is 0 Å². The third-order valence-electron chi connectivity index (χ3n) is 6.79. The van der Waals surface area contributed by atoms with Gasteiger partial charge < -0.3 is 24.8 Å². The van der Waals surface area contributed by atoms with Crippen LogP contribution in [0, 0.1) is 17.3 Å². The first kappa shape index (κ1) is 29.4. The molecule has 0 N–H and O–H groups in total. The molecule has 1 atom stereocenters. The molecule has 3 rings (SSSR count). The minimum Gasteiger partial charge on any atom is -1.00 e. The zero-order chi connectivity index (χ0) is 21.5. The maximum absolute atomic E-state index is 2.63. The summed E-state index contributed by atoms with van der Waals surface area (Å²) in [5.74, 6) is 1.57. The van der Waals surface area contributed by atoms with Crippen molar-refractivity contribution in [1.29, 1.82) is 0 Å². The summed E-state index contributed by atoms with van der Waals surface area (Å²) in [4.78, 5) is 0. The average molecular weight is 644 g/mol. The van der Waals surface area contributed by atoms with Crippen LogP contribution in [0.2, 0.25) is 0 Å². The van der Waals surface area contributed by atoms with Crippen molar-refractivity contribution >= 4 is 14.0 Å². The Bertz CT molecular complexity index is 867. The van der Waals surface area contributed by atoms with Crippen LogP contribution < -0.4 is 24.8 Å². The molecule has 0 saturated heterocycles. The van der Waals surface area contributed by atoms with Gasteiger partial charge in [0.15, 0.2) is 0 Å². The van der Waals surface area contributed by atoms with Crippen molar-refractivity contribution in [3.63, 3.8) is 0 Å². The van der Waals surface area contributed by atoms with Gasteiger partial charge in [-0.3, -0.25) is 0 Å². The fourth-order valence-corrected chi connectivity index (χ4v) is 17.4. The Balaban J connectivity index is 0.00000240. The number of hydrogen-bond donors (Lipinski definition) is 0. The molecule has 0 bridgehead atoms. The van der Waals surface area contributed by atoms with Crippen molar-refractivity contribution in [1.82, 2.24) is 0 Å². The van der Waals surface area contributed by atoms with Crippen LogP contribution >= 0.6 is 7.92 Å². The van der Waals surface area contributed by atoms with Crippen LogP contribution in [-0.2, 0) is 22.9 Å². The Morgan fingerprint density at radius 1 is 0.903 bits per heavy atom. The third-order valence-corrected chi connectivity index (χ3v) is 19.0.